The lowest BCUT2D eigenvalue weighted by atomic mass is 10.1. The van der Waals surface area contributed by atoms with E-state index in [1.165, 1.54) is 12.5 Å². The van der Waals surface area contributed by atoms with Gasteiger partial charge < -0.3 is 9.64 Å². The van der Waals surface area contributed by atoms with Gasteiger partial charge >= 0.3 is 0 Å². The maximum absolute atomic E-state index is 13.1. The summed E-state index contributed by atoms with van der Waals surface area (Å²) in [6.07, 6.45) is 1.19. The molecule has 1 atom stereocenters. The molecule has 5 heteroatoms. The van der Waals surface area contributed by atoms with Crippen molar-refractivity contribution in [2.45, 2.75) is 6.42 Å². The molecule has 0 amide bonds. The molecule has 2 aliphatic heterocycles. The van der Waals surface area contributed by atoms with E-state index in [2.05, 4.69) is 14.8 Å². The normalized spacial score (nSPS) is 24.9. The molecule has 1 unspecified atom stereocenters. The lowest BCUT2D eigenvalue weighted by Crippen LogP contribution is -2.48. The van der Waals surface area contributed by atoms with Crippen molar-refractivity contribution in [2.24, 2.45) is 5.92 Å². The van der Waals surface area contributed by atoms with Crippen LogP contribution in [0.25, 0.3) is 0 Å². The molecular formula is C14H20FN3O. The van der Waals surface area contributed by atoms with Crippen LogP contribution in [-0.2, 0) is 4.74 Å². The summed E-state index contributed by atoms with van der Waals surface area (Å²) < 4.78 is 18.5. The van der Waals surface area contributed by atoms with Crippen LogP contribution in [0.15, 0.2) is 18.2 Å². The molecule has 0 radical (unpaired) electrons. The molecule has 1 aromatic heterocycles. The minimum atomic E-state index is -0.400. The van der Waals surface area contributed by atoms with E-state index in [9.17, 15) is 4.39 Å². The van der Waals surface area contributed by atoms with Gasteiger partial charge in [-0.2, -0.15) is 4.39 Å². The molecule has 0 aliphatic carbocycles. The van der Waals surface area contributed by atoms with Crippen molar-refractivity contribution in [3.8, 4) is 0 Å². The minimum Gasteiger partial charge on any atom is -0.381 e. The zero-order valence-corrected chi connectivity index (χ0v) is 11.1. The monoisotopic (exact) mass is 265 g/mol. The Hall–Kier alpha value is -1.20. The molecule has 3 heterocycles. The molecule has 2 fully saturated rings. The van der Waals surface area contributed by atoms with Gasteiger partial charge in [-0.3, -0.25) is 4.90 Å². The number of aromatic nitrogens is 1. The second kappa shape index (κ2) is 5.84. The van der Waals surface area contributed by atoms with Gasteiger partial charge in [-0.05, 0) is 24.5 Å². The number of piperazine rings is 1. The first-order chi connectivity index (χ1) is 9.31. The highest BCUT2D eigenvalue weighted by Gasteiger charge is 2.23. The summed E-state index contributed by atoms with van der Waals surface area (Å²) in [7, 11) is 0. The van der Waals surface area contributed by atoms with Crippen LogP contribution in [-0.4, -0.2) is 55.8 Å². The number of anilines is 1. The van der Waals surface area contributed by atoms with E-state index in [0.717, 1.165) is 51.8 Å². The topological polar surface area (TPSA) is 28.6 Å². The largest absolute Gasteiger partial charge is 0.381 e. The number of hydrogen-bond acceptors (Lipinski definition) is 4. The lowest BCUT2D eigenvalue weighted by molar-refractivity contribution is 0.164. The Kier molecular flexibility index (Phi) is 3.94. The molecule has 0 aromatic carbocycles. The highest BCUT2D eigenvalue weighted by Crippen LogP contribution is 2.17. The predicted octanol–water partition coefficient (Wildman–Crippen LogP) is 1.38. The van der Waals surface area contributed by atoms with E-state index in [1.807, 2.05) is 6.07 Å². The van der Waals surface area contributed by atoms with E-state index in [1.54, 1.807) is 6.07 Å². The Labute approximate surface area is 113 Å². The standard InChI is InChI=1S/C14H20FN3O/c15-13-2-1-3-14(16-13)18-7-5-17(6-8-18)10-12-4-9-19-11-12/h1-3,12H,4-11H2. The number of hydrogen-bond donors (Lipinski definition) is 0. The molecule has 104 valence electrons. The first-order valence-electron chi connectivity index (χ1n) is 6.99. The maximum Gasteiger partial charge on any atom is 0.214 e. The summed E-state index contributed by atoms with van der Waals surface area (Å²) >= 11 is 0. The van der Waals surface area contributed by atoms with Crippen molar-refractivity contribution in [1.29, 1.82) is 0 Å². The van der Waals surface area contributed by atoms with E-state index in [-0.39, 0.29) is 0 Å². The van der Waals surface area contributed by atoms with Crippen LogP contribution < -0.4 is 4.90 Å². The summed E-state index contributed by atoms with van der Waals surface area (Å²) in [5.41, 5.74) is 0. The Morgan fingerprint density at radius 2 is 2.11 bits per heavy atom. The van der Waals surface area contributed by atoms with E-state index >= 15 is 0 Å². The van der Waals surface area contributed by atoms with Gasteiger partial charge in [0.25, 0.3) is 0 Å². The molecule has 0 saturated carbocycles. The lowest BCUT2D eigenvalue weighted by Gasteiger charge is -2.36. The predicted molar refractivity (Wildman–Crippen MR) is 71.8 cm³/mol. The van der Waals surface area contributed by atoms with Crippen molar-refractivity contribution in [3.05, 3.63) is 24.1 Å². The molecule has 1 aromatic rings. The molecule has 0 spiro atoms. The SMILES string of the molecule is Fc1cccc(N2CCN(CC3CCOC3)CC2)n1. The molecule has 2 aliphatic rings. The highest BCUT2D eigenvalue weighted by atomic mass is 19.1. The van der Waals surface area contributed by atoms with Gasteiger partial charge in [0, 0.05) is 39.3 Å². The van der Waals surface area contributed by atoms with Crippen molar-refractivity contribution in [1.82, 2.24) is 9.88 Å². The number of pyridine rings is 1. The van der Waals surface area contributed by atoms with Gasteiger partial charge in [0.2, 0.25) is 5.95 Å². The Balaban J connectivity index is 1.51. The second-order valence-corrected chi connectivity index (χ2v) is 5.34. The van der Waals surface area contributed by atoms with Crippen molar-refractivity contribution >= 4 is 5.82 Å². The van der Waals surface area contributed by atoms with Crippen LogP contribution in [0.4, 0.5) is 10.2 Å². The van der Waals surface area contributed by atoms with Crippen molar-refractivity contribution in [3.63, 3.8) is 0 Å². The molecule has 19 heavy (non-hydrogen) atoms. The third-order valence-electron chi connectivity index (χ3n) is 3.94. The van der Waals surface area contributed by atoms with Gasteiger partial charge in [-0.15, -0.1) is 0 Å². The van der Waals surface area contributed by atoms with Crippen LogP contribution in [0, 0.1) is 11.9 Å². The van der Waals surface area contributed by atoms with Crippen LogP contribution in [0.1, 0.15) is 6.42 Å². The number of ether oxygens (including phenoxy) is 1. The van der Waals surface area contributed by atoms with Gasteiger partial charge in [0.1, 0.15) is 5.82 Å². The molecular weight excluding hydrogens is 245 g/mol. The fourth-order valence-corrected chi connectivity index (χ4v) is 2.83. The Morgan fingerprint density at radius 3 is 2.79 bits per heavy atom. The smallest absolute Gasteiger partial charge is 0.214 e. The van der Waals surface area contributed by atoms with E-state index < -0.39 is 5.95 Å². The Bertz CT molecular complexity index is 415. The summed E-state index contributed by atoms with van der Waals surface area (Å²) in [6, 6.07) is 4.99. The molecule has 2 saturated heterocycles. The molecule has 0 N–H and O–H groups in total. The fourth-order valence-electron chi connectivity index (χ4n) is 2.83. The number of rotatable bonds is 3. The van der Waals surface area contributed by atoms with E-state index in [0.29, 0.717) is 5.92 Å². The fraction of sp³-hybridized carbons (Fsp3) is 0.643. The molecule has 3 rings (SSSR count). The molecule has 0 bridgehead atoms. The summed E-state index contributed by atoms with van der Waals surface area (Å²) in [5.74, 6) is 1.05. The van der Waals surface area contributed by atoms with Gasteiger partial charge in [-0.25, -0.2) is 4.98 Å². The average Bonchev–Trinajstić information content (AvgIpc) is 2.92. The first-order valence-corrected chi connectivity index (χ1v) is 6.99. The van der Waals surface area contributed by atoms with Crippen LogP contribution >= 0.6 is 0 Å². The highest BCUT2D eigenvalue weighted by molar-refractivity contribution is 5.38. The summed E-state index contributed by atoms with van der Waals surface area (Å²) in [6.45, 7) is 6.84. The molecule has 4 nitrogen and oxygen atoms in total. The summed E-state index contributed by atoms with van der Waals surface area (Å²) in [5, 5.41) is 0. The zero-order chi connectivity index (χ0) is 13.1. The van der Waals surface area contributed by atoms with Crippen molar-refractivity contribution in [2.75, 3.05) is 50.8 Å². The third kappa shape index (κ3) is 3.22. The third-order valence-corrected chi connectivity index (χ3v) is 3.94. The number of nitrogens with zero attached hydrogens (tertiary/aromatic N) is 3. The van der Waals surface area contributed by atoms with Crippen LogP contribution in [0.5, 0.6) is 0 Å². The number of halogens is 1. The van der Waals surface area contributed by atoms with Gasteiger partial charge in [-0.1, -0.05) is 6.07 Å². The average molecular weight is 265 g/mol. The van der Waals surface area contributed by atoms with Crippen LogP contribution in [0.3, 0.4) is 0 Å². The minimum absolute atomic E-state index is 0.400. The van der Waals surface area contributed by atoms with Gasteiger partial charge in [0.15, 0.2) is 0 Å². The zero-order valence-electron chi connectivity index (χ0n) is 11.1. The Morgan fingerprint density at radius 1 is 1.26 bits per heavy atom. The second-order valence-electron chi connectivity index (χ2n) is 5.34. The van der Waals surface area contributed by atoms with Crippen molar-refractivity contribution < 1.29 is 9.13 Å². The van der Waals surface area contributed by atoms with Gasteiger partial charge in [0.05, 0.1) is 6.61 Å². The van der Waals surface area contributed by atoms with E-state index in [4.69, 9.17) is 4.74 Å². The van der Waals surface area contributed by atoms with Crippen LogP contribution in [0.2, 0.25) is 0 Å². The maximum atomic E-state index is 13.1. The summed E-state index contributed by atoms with van der Waals surface area (Å²) in [4.78, 5) is 8.58. The quantitative estimate of drug-likeness (QED) is 0.772. The first kappa shape index (κ1) is 12.8.